The molecule has 170 valence electrons. The number of hydrogen-bond donors (Lipinski definition) is 0. The molecule has 3 aliphatic rings. The van der Waals surface area contributed by atoms with Crippen molar-refractivity contribution in [2.24, 2.45) is 11.8 Å². The molecule has 2 atom stereocenters. The number of aromatic nitrogens is 2. The van der Waals surface area contributed by atoms with Gasteiger partial charge in [-0.15, -0.1) is 0 Å². The van der Waals surface area contributed by atoms with Gasteiger partial charge >= 0.3 is 6.01 Å². The minimum Gasteiger partial charge on any atom is -0.461 e. The summed E-state index contributed by atoms with van der Waals surface area (Å²) in [5, 5.41) is 0. The van der Waals surface area contributed by atoms with Crippen LogP contribution in [-0.4, -0.2) is 79.2 Å². The summed E-state index contributed by atoms with van der Waals surface area (Å²) in [7, 11) is 3.85. The van der Waals surface area contributed by atoms with Crippen molar-refractivity contribution in [1.29, 1.82) is 0 Å². The third kappa shape index (κ3) is 4.48. The number of rotatable bonds is 8. The van der Waals surface area contributed by atoms with Gasteiger partial charge in [-0.2, -0.15) is 4.98 Å². The first kappa shape index (κ1) is 21.3. The Morgan fingerprint density at radius 3 is 2.38 bits per heavy atom. The van der Waals surface area contributed by atoms with E-state index in [-0.39, 0.29) is 11.9 Å². The average molecular weight is 438 g/mol. The Hall–Kier alpha value is -2.55. The Morgan fingerprint density at radius 2 is 1.69 bits per heavy atom. The number of anilines is 1. The van der Waals surface area contributed by atoms with E-state index in [4.69, 9.17) is 9.47 Å². The highest BCUT2D eigenvalue weighted by Gasteiger charge is 2.38. The SMILES string of the molecule is COCCOc1ncc2c(n1)N(Cc1ccc(CN3CC4CN(C)CC4C3)cc1)C(=O)C2. The molecule has 0 bridgehead atoms. The molecule has 1 amide bonds. The number of benzene rings is 1. The summed E-state index contributed by atoms with van der Waals surface area (Å²) in [6.07, 6.45) is 2.02. The average Bonchev–Trinajstić information content (AvgIpc) is 3.40. The molecule has 2 unspecified atom stereocenters. The lowest BCUT2D eigenvalue weighted by molar-refractivity contribution is -0.117. The molecular weight excluding hydrogens is 406 g/mol. The van der Waals surface area contributed by atoms with E-state index in [9.17, 15) is 4.79 Å². The number of likely N-dealkylation sites (tertiary alicyclic amines) is 2. The zero-order valence-corrected chi connectivity index (χ0v) is 18.9. The molecule has 2 fully saturated rings. The normalized spacial score (nSPS) is 23.1. The molecule has 1 aromatic carbocycles. The number of methoxy groups -OCH3 is 1. The lowest BCUT2D eigenvalue weighted by Gasteiger charge is -2.20. The molecule has 2 aromatic rings. The number of ether oxygens (including phenoxy) is 2. The van der Waals surface area contributed by atoms with Gasteiger partial charge in [-0.1, -0.05) is 24.3 Å². The maximum atomic E-state index is 12.6. The van der Waals surface area contributed by atoms with Crippen molar-refractivity contribution >= 4 is 11.7 Å². The van der Waals surface area contributed by atoms with Gasteiger partial charge in [0, 0.05) is 51.6 Å². The van der Waals surface area contributed by atoms with E-state index in [2.05, 4.69) is 51.1 Å². The van der Waals surface area contributed by atoms with Crippen molar-refractivity contribution in [3.05, 3.63) is 47.2 Å². The monoisotopic (exact) mass is 437 g/mol. The fraction of sp³-hybridized carbons (Fsp3) is 0.542. The van der Waals surface area contributed by atoms with Crippen molar-refractivity contribution in [2.45, 2.75) is 19.5 Å². The third-order valence-corrected chi connectivity index (χ3v) is 6.75. The minimum absolute atomic E-state index is 0.0426. The van der Waals surface area contributed by atoms with Gasteiger partial charge in [0.15, 0.2) is 0 Å². The predicted molar refractivity (Wildman–Crippen MR) is 120 cm³/mol. The van der Waals surface area contributed by atoms with Crippen molar-refractivity contribution in [3.8, 4) is 6.01 Å². The summed E-state index contributed by atoms with van der Waals surface area (Å²) in [6.45, 7) is 7.20. The van der Waals surface area contributed by atoms with E-state index in [0.29, 0.717) is 32.0 Å². The standard InChI is InChI=1S/C24H31N5O3/c1-27-13-20-15-28(16-21(20)14-27)11-17-3-5-18(6-4-17)12-29-22(30)9-19-10-25-24(26-23(19)29)32-8-7-31-2/h3-6,10,20-21H,7-9,11-16H2,1-2H3. The number of nitrogens with zero attached hydrogens (tertiary/aromatic N) is 5. The van der Waals surface area contributed by atoms with E-state index in [1.807, 2.05) is 0 Å². The highest BCUT2D eigenvalue weighted by Crippen LogP contribution is 2.31. The summed E-state index contributed by atoms with van der Waals surface area (Å²) in [6, 6.07) is 8.91. The van der Waals surface area contributed by atoms with Crippen LogP contribution in [0.2, 0.25) is 0 Å². The van der Waals surface area contributed by atoms with Crippen LogP contribution in [0.3, 0.4) is 0 Å². The maximum Gasteiger partial charge on any atom is 0.318 e. The lowest BCUT2D eigenvalue weighted by atomic mass is 10.0. The Morgan fingerprint density at radius 1 is 1.00 bits per heavy atom. The van der Waals surface area contributed by atoms with Crippen LogP contribution in [0, 0.1) is 11.8 Å². The highest BCUT2D eigenvalue weighted by atomic mass is 16.5. The van der Waals surface area contributed by atoms with Gasteiger partial charge in [0.2, 0.25) is 5.91 Å². The second-order valence-electron chi connectivity index (χ2n) is 9.25. The minimum atomic E-state index is 0.0426. The molecule has 0 saturated carbocycles. The molecule has 5 rings (SSSR count). The number of amides is 1. The van der Waals surface area contributed by atoms with Crippen molar-refractivity contribution < 1.29 is 14.3 Å². The van der Waals surface area contributed by atoms with Gasteiger partial charge in [0.25, 0.3) is 0 Å². The fourth-order valence-electron chi connectivity index (χ4n) is 5.21. The third-order valence-electron chi connectivity index (χ3n) is 6.75. The Labute approximate surface area is 189 Å². The molecule has 8 heteroatoms. The van der Waals surface area contributed by atoms with E-state index in [0.717, 1.165) is 29.5 Å². The van der Waals surface area contributed by atoms with Gasteiger partial charge < -0.3 is 14.4 Å². The molecule has 8 nitrogen and oxygen atoms in total. The Kier molecular flexibility index (Phi) is 6.08. The predicted octanol–water partition coefficient (Wildman–Crippen LogP) is 1.58. The fourth-order valence-corrected chi connectivity index (χ4v) is 5.21. The van der Waals surface area contributed by atoms with E-state index in [1.54, 1.807) is 18.2 Å². The van der Waals surface area contributed by atoms with Crippen molar-refractivity contribution in [1.82, 2.24) is 19.8 Å². The van der Waals surface area contributed by atoms with Gasteiger partial charge in [-0.3, -0.25) is 14.6 Å². The molecular formula is C24H31N5O3. The first-order valence-corrected chi connectivity index (χ1v) is 11.4. The van der Waals surface area contributed by atoms with Gasteiger partial charge in [0.1, 0.15) is 12.4 Å². The molecule has 2 saturated heterocycles. The largest absolute Gasteiger partial charge is 0.461 e. The first-order valence-electron chi connectivity index (χ1n) is 11.4. The number of carbonyl (C=O) groups is 1. The maximum absolute atomic E-state index is 12.6. The summed E-state index contributed by atoms with van der Waals surface area (Å²) in [5.74, 6) is 2.34. The van der Waals surface area contributed by atoms with Crippen LogP contribution in [0.1, 0.15) is 16.7 Å². The second-order valence-corrected chi connectivity index (χ2v) is 9.25. The van der Waals surface area contributed by atoms with Crippen LogP contribution in [0.4, 0.5) is 5.82 Å². The summed E-state index contributed by atoms with van der Waals surface area (Å²) in [5.41, 5.74) is 3.26. The number of carbonyl (C=O) groups excluding carboxylic acids is 1. The van der Waals surface area contributed by atoms with E-state index in [1.165, 1.54) is 31.7 Å². The summed E-state index contributed by atoms with van der Waals surface area (Å²) < 4.78 is 10.5. The smallest absolute Gasteiger partial charge is 0.318 e. The number of hydrogen-bond acceptors (Lipinski definition) is 7. The van der Waals surface area contributed by atoms with Crippen LogP contribution in [0.5, 0.6) is 6.01 Å². The zero-order chi connectivity index (χ0) is 22.1. The Balaban J connectivity index is 1.21. The van der Waals surface area contributed by atoms with Crippen LogP contribution in [-0.2, 0) is 29.0 Å². The van der Waals surface area contributed by atoms with Crippen LogP contribution in [0.15, 0.2) is 30.5 Å². The van der Waals surface area contributed by atoms with Gasteiger partial charge in [0.05, 0.1) is 19.6 Å². The molecule has 0 N–H and O–H groups in total. The van der Waals surface area contributed by atoms with Gasteiger partial charge in [-0.05, 0) is 30.0 Å². The van der Waals surface area contributed by atoms with E-state index >= 15 is 0 Å². The van der Waals surface area contributed by atoms with E-state index < -0.39 is 0 Å². The van der Waals surface area contributed by atoms with Crippen LogP contribution in [0.25, 0.3) is 0 Å². The van der Waals surface area contributed by atoms with Crippen molar-refractivity contribution in [2.75, 3.05) is 58.5 Å². The molecule has 4 heterocycles. The summed E-state index contributed by atoms with van der Waals surface area (Å²) in [4.78, 5) is 28.1. The first-order chi connectivity index (χ1) is 15.6. The molecule has 0 aliphatic carbocycles. The van der Waals surface area contributed by atoms with Gasteiger partial charge in [-0.25, -0.2) is 4.98 Å². The lowest BCUT2D eigenvalue weighted by Crippen LogP contribution is -2.27. The number of fused-ring (bicyclic) bond motifs is 2. The second kappa shape index (κ2) is 9.13. The quantitative estimate of drug-likeness (QED) is 0.581. The molecule has 0 spiro atoms. The molecule has 0 radical (unpaired) electrons. The molecule has 32 heavy (non-hydrogen) atoms. The van der Waals surface area contributed by atoms with Crippen LogP contribution < -0.4 is 9.64 Å². The Bertz CT molecular complexity index is 953. The van der Waals surface area contributed by atoms with Crippen LogP contribution >= 0.6 is 0 Å². The zero-order valence-electron chi connectivity index (χ0n) is 18.9. The highest BCUT2D eigenvalue weighted by molar-refractivity contribution is 6.00. The summed E-state index contributed by atoms with van der Waals surface area (Å²) >= 11 is 0. The van der Waals surface area contributed by atoms with Crippen molar-refractivity contribution in [3.63, 3.8) is 0 Å². The molecule has 3 aliphatic heterocycles. The topological polar surface area (TPSA) is 71.0 Å². The molecule has 1 aromatic heterocycles.